The Morgan fingerprint density at radius 2 is 1.79 bits per heavy atom. The fraction of sp³-hybridized carbons (Fsp3) is 0.200. The second-order valence-electron chi connectivity index (χ2n) is 4.58. The second-order valence-corrected chi connectivity index (χ2v) is 4.58. The number of anilines is 1. The lowest BCUT2D eigenvalue weighted by molar-refractivity contribution is 0.0992. The van der Waals surface area contributed by atoms with E-state index < -0.39 is 5.95 Å². The average molecular weight is 258 g/mol. The number of aryl methyl sites for hydroxylation is 2. The topological polar surface area (TPSA) is 33.2 Å². The van der Waals surface area contributed by atoms with Crippen LogP contribution in [0.25, 0.3) is 0 Å². The van der Waals surface area contributed by atoms with Crippen LogP contribution in [0, 0.1) is 19.8 Å². The number of benzene rings is 1. The van der Waals surface area contributed by atoms with Gasteiger partial charge >= 0.3 is 0 Å². The van der Waals surface area contributed by atoms with Crippen molar-refractivity contribution in [3.05, 3.63) is 59.2 Å². The molecule has 4 heteroatoms. The predicted molar refractivity (Wildman–Crippen MR) is 72.8 cm³/mol. The quantitative estimate of drug-likeness (QED) is 0.775. The van der Waals surface area contributed by atoms with Gasteiger partial charge in [0, 0.05) is 30.6 Å². The first kappa shape index (κ1) is 13.2. The molecule has 0 saturated heterocycles. The van der Waals surface area contributed by atoms with Gasteiger partial charge < -0.3 is 4.90 Å². The van der Waals surface area contributed by atoms with Gasteiger partial charge in [0.2, 0.25) is 5.95 Å². The molecule has 0 aliphatic heterocycles. The Bertz CT molecular complexity index is 605. The summed E-state index contributed by atoms with van der Waals surface area (Å²) in [7, 11) is 1.68. The van der Waals surface area contributed by atoms with Crippen molar-refractivity contribution < 1.29 is 9.18 Å². The van der Waals surface area contributed by atoms with E-state index in [1.165, 1.54) is 17.2 Å². The summed E-state index contributed by atoms with van der Waals surface area (Å²) in [5, 5.41) is 0. The van der Waals surface area contributed by atoms with E-state index in [1.54, 1.807) is 7.05 Å². The fourth-order valence-corrected chi connectivity index (χ4v) is 1.99. The maximum Gasteiger partial charge on any atom is 0.258 e. The highest BCUT2D eigenvalue weighted by molar-refractivity contribution is 6.05. The first-order valence-corrected chi connectivity index (χ1v) is 5.95. The normalized spacial score (nSPS) is 10.3. The van der Waals surface area contributed by atoms with Crippen LogP contribution >= 0.6 is 0 Å². The Balaban J connectivity index is 2.33. The Kier molecular flexibility index (Phi) is 3.60. The maximum atomic E-state index is 13.0. The van der Waals surface area contributed by atoms with Crippen LogP contribution in [0.3, 0.4) is 0 Å². The Morgan fingerprint density at radius 3 is 2.37 bits per heavy atom. The second kappa shape index (κ2) is 5.18. The molecule has 0 unspecified atom stereocenters. The molecule has 0 atom stereocenters. The summed E-state index contributed by atoms with van der Waals surface area (Å²) in [5.41, 5.74) is 3.24. The highest BCUT2D eigenvalue weighted by atomic mass is 19.1. The number of nitrogens with zero attached hydrogens (tertiary/aromatic N) is 2. The van der Waals surface area contributed by atoms with Gasteiger partial charge in [-0.15, -0.1) is 0 Å². The van der Waals surface area contributed by atoms with Crippen LogP contribution in [0.4, 0.5) is 10.1 Å². The summed E-state index contributed by atoms with van der Waals surface area (Å²) in [4.78, 5) is 17.2. The number of rotatable bonds is 2. The minimum Gasteiger partial charge on any atom is -0.311 e. The standard InChI is InChI=1S/C15H15FN2O/c1-10-6-11(2)8-13(7-10)18(3)15(19)12-4-5-17-14(16)9-12/h4-9H,1-3H3. The first-order chi connectivity index (χ1) is 8.97. The van der Waals surface area contributed by atoms with Crippen molar-refractivity contribution >= 4 is 11.6 Å². The van der Waals surface area contributed by atoms with E-state index in [2.05, 4.69) is 4.98 Å². The van der Waals surface area contributed by atoms with Gasteiger partial charge in [-0.25, -0.2) is 4.98 Å². The molecule has 0 aliphatic carbocycles. The molecule has 2 rings (SSSR count). The Labute approximate surface area is 111 Å². The number of hydrogen-bond donors (Lipinski definition) is 0. The minimum absolute atomic E-state index is 0.258. The van der Waals surface area contributed by atoms with Crippen LogP contribution in [-0.4, -0.2) is 17.9 Å². The van der Waals surface area contributed by atoms with E-state index in [-0.39, 0.29) is 11.5 Å². The molecule has 2 aromatic rings. The summed E-state index contributed by atoms with van der Waals surface area (Å²) >= 11 is 0. The predicted octanol–water partition coefficient (Wildman–Crippen LogP) is 3.11. The molecule has 0 bridgehead atoms. The molecule has 0 radical (unpaired) electrons. The average Bonchev–Trinajstić information content (AvgIpc) is 2.36. The summed E-state index contributed by atoms with van der Waals surface area (Å²) in [6.07, 6.45) is 1.29. The smallest absolute Gasteiger partial charge is 0.258 e. The lowest BCUT2D eigenvalue weighted by atomic mass is 10.1. The van der Waals surface area contributed by atoms with E-state index in [4.69, 9.17) is 0 Å². The molecule has 0 aliphatic rings. The summed E-state index contributed by atoms with van der Waals surface area (Å²) in [6, 6.07) is 8.52. The molecule has 1 aromatic heterocycles. The lowest BCUT2D eigenvalue weighted by Gasteiger charge is -2.18. The third-order valence-electron chi connectivity index (χ3n) is 2.87. The van der Waals surface area contributed by atoms with Gasteiger partial charge in [-0.2, -0.15) is 4.39 Å². The maximum absolute atomic E-state index is 13.0. The van der Waals surface area contributed by atoms with Crippen molar-refractivity contribution in [2.75, 3.05) is 11.9 Å². The summed E-state index contributed by atoms with van der Waals surface area (Å²) < 4.78 is 13.0. The van der Waals surface area contributed by atoms with Crippen LogP contribution in [0.2, 0.25) is 0 Å². The lowest BCUT2D eigenvalue weighted by Crippen LogP contribution is -2.26. The summed E-state index contributed by atoms with van der Waals surface area (Å²) in [5.74, 6) is -0.911. The van der Waals surface area contributed by atoms with E-state index in [1.807, 2.05) is 32.0 Å². The molecular formula is C15H15FN2O. The molecule has 0 N–H and O–H groups in total. The molecule has 1 heterocycles. The van der Waals surface area contributed by atoms with E-state index in [0.29, 0.717) is 0 Å². The Morgan fingerprint density at radius 1 is 1.16 bits per heavy atom. The van der Waals surface area contributed by atoms with E-state index in [0.717, 1.165) is 22.9 Å². The van der Waals surface area contributed by atoms with Gasteiger partial charge in [0.25, 0.3) is 5.91 Å². The molecule has 1 aromatic carbocycles. The van der Waals surface area contributed by atoms with Crippen molar-refractivity contribution in [3.63, 3.8) is 0 Å². The molecule has 1 amide bonds. The van der Waals surface area contributed by atoms with Crippen molar-refractivity contribution in [1.29, 1.82) is 0 Å². The van der Waals surface area contributed by atoms with Crippen LogP contribution in [0.15, 0.2) is 36.5 Å². The number of halogens is 1. The van der Waals surface area contributed by atoms with Gasteiger partial charge in [-0.05, 0) is 43.2 Å². The van der Waals surface area contributed by atoms with E-state index >= 15 is 0 Å². The number of hydrogen-bond acceptors (Lipinski definition) is 2. The molecule has 0 saturated carbocycles. The highest BCUT2D eigenvalue weighted by Crippen LogP contribution is 2.19. The summed E-state index contributed by atoms with van der Waals surface area (Å²) in [6.45, 7) is 3.95. The van der Waals surface area contributed by atoms with Crippen molar-refractivity contribution in [3.8, 4) is 0 Å². The van der Waals surface area contributed by atoms with Crippen LogP contribution in [0.5, 0.6) is 0 Å². The molecule has 3 nitrogen and oxygen atoms in total. The third-order valence-corrected chi connectivity index (χ3v) is 2.87. The zero-order valence-electron chi connectivity index (χ0n) is 11.1. The van der Waals surface area contributed by atoms with Gasteiger partial charge in [0.15, 0.2) is 0 Å². The SMILES string of the molecule is Cc1cc(C)cc(N(C)C(=O)c2ccnc(F)c2)c1. The zero-order valence-corrected chi connectivity index (χ0v) is 11.1. The number of amides is 1. The number of carbonyl (C=O) groups excluding carboxylic acids is 1. The number of pyridine rings is 1. The molecule has 0 fully saturated rings. The minimum atomic E-state index is -0.653. The number of aromatic nitrogens is 1. The van der Waals surface area contributed by atoms with Gasteiger partial charge in [-0.3, -0.25) is 4.79 Å². The third kappa shape index (κ3) is 2.96. The Hall–Kier alpha value is -2.23. The van der Waals surface area contributed by atoms with Crippen molar-refractivity contribution in [1.82, 2.24) is 4.98 Å². The monoisotopic (exact) mass is 258 g/mol. The van der Waals surface area contributed by atoms with Crippen molar-refractivity contribution in [2.45, 2.75) is 13.8 Å². The highest BCUT2D eigenvalue weighted by Gasteiger charge is 2.14. The fourth-order valence-electron chi connectivity index (χ4n) is 1.99. The molecular weight excluding hydrogens is 243 g/mol. The molecule has 0 spiro atoms. The van der Waals surface area contributed by atoms with Crippen LogP contribution < -0.4 is 4.90 Å². The molecule has 19 heavy (non-hydrogen) atoms. The number of carbonyl (C=O) groups is 1. The van der Waals surface area contributed by atoms with Crippen molar-refractivity contribution in [2.24, 2.45) is 0 Å². The van der Waals surface area contributed by atoms with Crippen LogP contribution in [0.1, 0.15) is 21.5 Å². The zero-order chi connectivity index (χ0) is 14.0. The van der Waals surface area contributed by atoms with E-state index in [9.17, 15) is 9.18 Å². The van der Waals surface area contributed by atoms with Crippen LogP contribution in [-0.2, 0) is 0 Å². The largest absolute Gasteiger partial charge is 0.311 e. The van der Waals surface area contributed by atoms with Gasteiger partial charge in [0.05, 0.1) is 0 Å². The van der Waals surface area contributed by atoms with Gasteiger partial charge in [-0.1, -0.05) is 6.07 Å². The van der Waals surface area contributed by atoms with Gasteiger partial charge in [0.1, 0.15) is 0 Å². The first-order valence-electron chi connectivity index (χ1n) is 5.95. The molecule has 98 valence electrons.